The summed E-state index contributed by atoms with van der Waals surface area (Å²) < 4.78 is 4.21. The Labute approximate surface area is 161 Å². The smallest absolute Gasteiger partial charge is 0.159 e. The number of rotatable bonds is 5. The standard InChI is InChI=1S/C20H17ClN6/c1-2-9-27-17-7-6-14(12-22)11-16(17)25-19(27)13-26-10-8-23-20(26)15-4-3-5-18(21)24-15/h3-8,10-11H,2,9,13H2,1H3. The number of nitrogens with zero attached hydrogens (tertiary/aromatic N) is 6. The minimum absolute atomic E-state index is 0.435. The van der Waals surface area contributed by atoms with E-state index in [-0.39, 0.29) is 0 Å². The van der Waals surface area contributed by atoms with Gasteiger partial charge in [0.25, 0.3) is 0 Å². The van der Waals surface area contributed by atoms with Gasteiger partial charge in [0.2, 0.25) is 0 Å². The summed E-state index contributed by atoms with van der Waals surface area (Å²) in [6.45, 7) is 3.55. The zero-order chi connectivity index (χ0) is 18.8. The van der Waals surface area contributed by atoms with Crippen LogP contribution >= 0.6 is 11.6 Å². The van der Waals surface area contributed by atoms with Gasteiger partial charge in [0.15, 0.2) is 5.82 Å². The van der Waals surface area contributed by atoms with Gasteiger partial charge in [0.1, 0.15) is 16.7 Å². The fourth-order valence-electron chi connectivity index (χ4n) is 3.20. The van der Waals surface area contributed by atoms with Crippen LogP contribution in [-0.2, 0) is 13.1 Å². The lowest BCUT2D eigenvalue weighted by molar-refractivity contribution is 0.627. The Morgan fingerprint density at radius 2 is 2.07 bits per heavy atom. The highest BCUT2D eigenvalue weighted by atomic mass is 35.5. The molecular weight excluding hydrogens is 360 g/mol. The molecule has 0 aliphatic heterocycles. The van der Waals surface area contributed by atoms with Crippen LogP contribution in [0, 0.1) is 11.3 Å². The predicted molar refractivity (Wildman–Crippen MR) is 104 cm³/mol. The van der Waals surface area contributed by atoms with E-state index < -0.39 is 0 Å². The van der Waals surface area contributed by atoms with E-state index in [0.717, 1.165) is 41.3 Å². The zero-order valence-corrected chi connectivity index (χ0v) is 15.6. The molecule has 0 N–H and O–H groups in total. The van der Waals surface area contributed by atoms with E-state index in [0.29, 0.717) is 17.3 Å². The van der Waals surface area contributed by atoms with E-state index >= 15 is 0 Å². The van der Waals surface area contributed by atoms with Gasteiger partial charge in [0, 0.05) is 18.9 Å². The fourth-order valence-corrected chi connectivity index (χ4v) is 3.36. The Hall–Kier alpha value is -3.17. The molecule has 0 spiro atoms. The quantitative estimate of drug-likeness (QED) is 0.487. The average molecular weight is 377 g/mol. The summed E-state index contributed by atoms with van der Waals surface area (Å²) >= 11 is 6.03. The average Bonchev–Trinajstić information content (AvgIpc) is 3.27. The second-order valence-corrected chi connectivity index (χ2v) is 6.61. The molecule has 1 aromatic carbocycles. The Kier molecular flexibility index (Phi) is 4.61. The third-order valence-electron chi connectivity index (χ3n) is 4.38. The van der Waals surface area contributed by atoms with Crippen LogP contribution < -0.4 is 0 Å². The molecule has 0 saturated heterocycles. The predicted octanol–water partition coefficient (Wildman–Crippen LogP) is 4.28. The maximum Gasteiger partial charge on any atom is 0.159 e. The van der Waals surface area contributed by atoms with Crippen LogP contribution in [0.4, 0.5) is 0 Å². The number of halogens is 1. The summed E-state index contributed by atoms with van der Waals surface area (Å²) in [5.41, 5.74) is 3.20. The van der Waals surface area contributed by atoms with Gasteiger partial charge in [-0.3, -0.25) is 0 Å². The largest absolute Gasteiger partial charge is 0.326 e. The second kappa shape index (κ2) is 7.22. The number of aryl methyl sites for hydroxylation is 1. The van der Waals surface area contributed by atoms with Crippen molar-refractivity contribution < 1.29 is 0 Å². The van der Waals surface area contributed by atoms with Gasteiger partial charge in [-0.2, -0.15) is 5.26 Å². The molecule has 0 fully saturated rings. The van der Waals surface area contributed by atoms with Crippen molar-refractivity contribution in [3.63, 3.8) is 0 Å². The number of pyridine rings is 1. The maximum absolute atomic E-state index is 9.15. The molecule has 134 valence electrons. The summed E-state index contributed by atoms with van der Waals surface area (Å²) in [6, 6.07) is 13.3. The van der Waals surface area contributed by atoms with Crippen molar-refractivity contribution in [2.45, 2.75) is 26.4 Å². The van der Waals surface area contributed by atoms with Crippen molar-refractivity contribution in [2.75, 3.05) is 0 Å². The molecule has 0 radical (unpaired) electrons. The van der Waals surface area contributed by atoms with Crippen LogP contribution in [0.5, 0.6) is 0 Å². The number of fused-ring (bicyclic) bond motifs is 1. The lowest BCUT2D eigenvalue weighted by atomic mass is 10.2. The molecular formula is C20H17ClN6. The molecule has 4 aromatic rings. The highest BCUT2D eigenvalue weighted by Gasteiger charge is 2.14. The Morgan fingerprint density at radius 3 is 2.85 bits per heavy atom. The summed E-state index contributed by atoms with van der Waals surface area (Å²) in [5.74, 6) is 1.66. The zero-order valence-electron chi connectivity index (χ0n) is 14.8. The van der Waals surface area contributed by atoms with Gasteiger partial charge in [-0.1, -0.05) is 24.6 Å². The summed E-state index contributed by atoms with van der Waals surface area (Å²) in [4.78, 5) is 13.6. The third-order valence-corrected chi connectivity index (χ3v) is 4.59. The molecule has 0 atom stereocenters. The van der Waals surface area contributed by atoms with Crippen molar-refractivity contribution in [2.24, 2.45) is 0 Å². The van der Waals surface area contributed by atoms with E-state index in [9.17, 15) is 0 Å². The first-order chi connectivity index (χ1) is 13.2. The molecule has 4 rings (SSSR count). The van der Waals surface area contributed by atoms with Gasteiger partial charge >= 0.3 is 0 Å². The van der Waals surface area contributed by atoms with E-state index in [1.807, 2.05) is 41.1 Å². The third kappa shape index (κ3) is 3.29. The van der Waals surface area contributed by atoms with Crippen molar-refractivity contribution in [1.29, 1.82) is 5.26 Å². The summed E-state index contributed by atoms with van der Waals surface area (Å²) in [5, 5.41) is 9.59. The number of benzene rings is 1. The van der Waals surface area contributed by atoms with E-state index in [1.54, 1.807) is 12.3 Å². The van der Waals surface area contributed by atoms with E-state index in [1.165, 1.54) is 0 Å². The molecule has 0 aliphatic carbocycles. The number of nitriles is 1. The first-order valence-electron chi connectivity index (χ1n) is 8.73. The van der Waals surface area contributed by atoms with Crippen molar-refractivity contribution in [3.05, 3.63) is 65.3 Å². The molecule has 3 heterocycles. The maximum atomic E-state index is 9.15. The van der Waals surface area contributed by atoms with Gasteiger partial charge in [-0.05, 0) is 36.8 Å². The Bertz CT molecular complexity index is 1150. The molecule has 0 unspecified atom stereocenters. The monoisotopic (exact) mass is 376 g/mol. The van der Waals surface area contributed by atoms with E-state index in [4.69, 9.17) is 21.8 Å². The van der Waals surface area contributed by atoms with Crippen LogP contribution in [-0.4, -0.2) is 24.1 Å². The van der Waals surface area contributed by atoms with Gasteiger partial charge in [-0.15, -0.1) is 0 Å². The SMILES string of the molecule is CCCn1c(Cn2ccnc2-c2cccc(Cl)n2)nc2cc(C#N)ccc21. The minimum atomic E-state index is 0.435. The van der Waals surface area contributed by atoms with Crippen LogP contribution in [0.25, 0.3) is 22.6 Å². The number of hydrogen-bond donors (Lipinski definition) is 0. The van der Waals surface area contributed by atoms with Crippen molar-refractivity contribution >= 4 is 22.6 Å². The number of aromatic nitrogens is 5. The molecule has 0 bridgehead atoms. The first kappa shape index (κ1) is 17.3. The molecule has 6 nitrogen and oxygen atoms in total. The number of hydrogen-bond acceptors (Lipinski definition) is 4. The molecule has 7 heteroatoms. The first-order valence-corrected chi connectivity index (χ1v) is 9.10. The fraction of sp³-hybridized carbons (Fsp3) is 0.200. The van der Waals surface area contributed by atoms with E-state index in [2.05, 4.69) is 27.5 Å². The second-order valence-electron chi connectivity index (χ2n) is 6.22. The summed E-state index contributed by atoms with van der Waals surface area (Å²) in [7, 11) is 0. The van der Waals surface area contributed by atoms with Gasteiger partial charge in [0.05, 0.1) is 29.2 Å². The lowest BCUT2D eigenvalue weighted by Gasteiger charge is -2.10. The van der Waals surface area contributed by atoms with Crippen LogP contribution in [0.3, 0.4) is 0 Å². The molecule has 3 aromatic heterocycles. The molecule has 27 heavy (non-hydrogen) atoms. The van der Waals surface area contributed by atoms with Crippen LogP contribution in [0.15, 0.2) is 48.8 Å². The van der Waals surface area contributed by atoms with Crippen molar-refractivity contribution in [3.8, 4) is 17.6 Å². The Morgan fingerprint density at radius 1 is 1.19 bits per heavy atom. The Balaban J connectivity index is 1.77. The molecule has 0 aliphatic rings. The normalized spacial score (nSPS) is 11.0. The van der Waals surface area contributed by atoms with Gasteiger partial charge < -0.3 is 9.13 Å². The minimum Gasteiger partial charge on any atom is -0.326 e. The topological polar surface area (TPSA) is 72.3 Å². The van der Waals surface area contributed by atoms with Crippen LogP contribution in [0.1, 0.15) is 24.7 Å². The number of imidazole rings is 2. The summed E-state index contributed by atoms with van der Waals surface area (Å²) in [6.07, 6.45) is 4.65. The van der Waals surface area contributed by atoms with Gasteiger partial charge in [-0.25, -0.2) is 15.0 Å². The molecule has 0 amide bonds. The van der Waals surface area contributed by atoms with Crippen molar-refractivity contribution in [1.82, 2.24) is 24.1 Å². The molecule has 0 saturated carbocycles. The highest BCUT2D eigenvalue weighted by molar-refractivity contribution is 6.29. The highest BCUT2D eigenvalue weighted by Crippen LogP contribution is 2.22. The van der Waals surface area contributed by atoms with Crippen LogP contribution in [0.2, 0.25) is 5.15 Å². The lowest BCUT2D eigenvalue weighted by Crippen LogP contribution is -2.09.